The summed E-state index contributed by atoms with van der Waals surface area (Å²) in [6, 6.07) is 6.42. The lowest BCUT2D eigenvalue weighted by atomic mass is 10.2. The van der Waals surface area contributed by atoms with Crippen molar-refractivity contribution in [3.05, 3.63) is 62.8 Å². The van der Waals surface area contributed by atoms with Crippen LogP contribution in [0.5, 0.6) is 0 Å². The second kappa shape index (κ2) is 5.84. The highest BCUT2D eigenvalue weighted by molar-refractivity contribution is 9.10. The van der Waals surface area contributed by atoms with Crippen molar-refractivity contribution in [3.63, 3.8) is 0 Å². The van der Waals surface area contributed by atoms with Gasteiger partial charge in [0.1, 0.15) is 5.82 Å². The number of halogens is 5. The standard InChI is InChI=1S/C13H8BrClF3N/c14-9-3-8(15)2-1-7(9)6-19-13-5-11(17)10(16)4-12(13)18/h1-5,19H,6H2. The molecule has 0 saturated carbocycles. The molecule has 0 heterocycles. The third kappa shape index (κ3) is 3.42. The van der Waals surface area contributed by atoms with E-state index in [-0.39, 0.29) is 12.2 Å². The molecule has 100 valence electrons. The normalized spacial score (nSPS) is 10.6. The highest BCUT2D eigenvalue weighted by Gasteiger charge is 2.10. The summed E-state index contributed by atoms with van der Waals surface area (Å²) in [5.74, 6) is -3.15. The van der Waals surface area contributed by atoms with Crippen LogP contribution in [0.15, 0.2) is 34.8 Å². The minimum atomic E-state index is -1.21. The average molecular weight is 351 g/mol. The predicted molar refractivity (Wildman–Crippen MR) is 72.8 cm³/mol. The second-order valence-electron chi connectivity index (χ2n) is 3.84. The largest absolute Gasteiger partial charge is 0.378 e. The van der Waals surface area contributed by atoms with Crippen molar-refractivity contribution in [1.29, 1.82) is 0 Å². The van der Waals surface area contributed by atoms with Gasteiger partial charge < -0.3 is 5.32 Å². The summed E-state index contributed by atoms with van der Waals surface area (Å²) in [7, 11) is 0. The third-order valence-corrected chi connectivity index (χ3v) is 3.47. The first kappa shape index (κ1) is 14.2. The van der Waals surface area contributed by atoms with E-state index in [1.807, 2.05) is 0 Å². The molecule has 0 spiro atoms. The van der Waals surface area contributed by atoms with Gasteiger partial charge in [-0.25, -0.2) is 13.2 Å². The Morgan fingerprint density at radius 3 is 2.37 bits per heavy atom. The summed E-state index contributed by atoms with van der Waals surface area (Å²) in [4.78, 5) is 0. The molecule has 2 rings (SSSR count). The maximum Gasteiger partial charge on any atom is 0.161 e. The summed E-state index contributed by atoms with van der Waals surface area (Å²) < 4.78 is 39.9. The van der Waals surface area contributed by atoms with Crippen molar-refractivity contribution in [2.24, 2.45) is 0 Å². The van der Waals surface area contributed by atoms with E-state index in [1.165, 1.54) is 0 Å². The van der Waals surface area contributed by atoms with Crippen molar-refractivity contribution in [3.8, 4) is 0 Å². The first-order chi connectivity index (χ1) is 8.97. The first-order valence-corrected chi connectivity index (χ1v) is 6.47. The van der Waals surface area contributed by atoms with Gasteiger partial charge in [-0.1, -0.05) is 33.6 Å². The van der Waals surface area contributed by atoms with Gasteiger partial charge in [0, 0.05) is 28.2 Å². The quantitative estimate of drug-likeness (QED) is 0.757. The Kier molecular flexibility index (Phi) is 4.37. The van der Waals surface area contributed by atoms with E-state index in [0.29, 0.717) is 11.1 Å². The molecule has 0 bridgehead atoms. The topological polar surface area (TPSA) is 12.0 Å². The lowest BCUT2D eigenvalue weighted by Crippen LogP contribution is -2.03. The van der Waals surface area contributed by atoms with E-state index in [9.17, 15) is 13.2 Å². The van der Waals surface area contributed by atoms with Crippen molar-refractivity contribution < 1.29 is 13.2 Å². The number of nitrogens with one attached hydrogen (secondary N) is 1. The predicted octanol–water partition coefficient (Wildman–Crippen LogP) is 5.13. The molecule has 6 heteroatoms. The fourth-order valence-electron chi connectivity index (χ4n) is 1.51. The zero-order chi connectivity index (χ0) is 14.0. The number of hydrogen-bond acceptors (Lipinski definition) is 1. The van der Waals surface area contributed by atoms with Crippen LogP contribution < -0.4 is 5.32 Å². The molecule has 0 aromatic heterocycles. The minimum absolute atomic E-state index is 0.0965. The van der Waals surface area contributed by atoms with Crippen LogP contribution in [0.2, 0.25) is 5.02 Å². The zero-order valence-electron chi connectivity index (χ0n) is 9.48. The van der Waals surface area contributed by atoms with E-state index in [4.69, 9.17) is 11.6 Å². The van der Waals surface area contributed by atoms with E-state index < -0.39 is 17.5 Å². The van der Waals surface area contributed by atoms with Crippen LogP contribution in [0.25, 0.3) is 0 Å². The lowest BCUT2D eigenvalue weighted by Gasteiger charge is -2.10. The van der Waals surface area contributed by atoms with Crippen LogP contribution in [-0.4, -0.2) is 0 Å². The minimum Gasteiger partial charge on any atom is -0.378 e. The summed E-state index contributed by atoms with van der Waals surface area (Å²) in [6.07, 6.45) is 0. The molecule has 0 radical (unpaired) electrons. The molecule has 0 unspecified atom stereocenters. The van der Waals surface area contributed by atoms with Gasteiger partial charge in [-0.3, -0.25) is 0 Å². The zero-order valence-corrected chi connectivity index (χ0v) is 11.8. The van der Waals surface area contributed by atoms with Gasteiger partial charge in [0.15, 0.2) is 11.6 Å². The van der Waals surface area contributed by atoms with Gasteiger partial charge >= 0.3 is 0 Å². The summed E-state index contributed by atoms with van der Waals surface area (Å²) >= 11 is 9.11. The van der Waals surface area contributed by atoms with Crippen molar-refractivity contribution in [2.75, 3.05) is 5.32 Å². The van der Waals surface area contributed by atoms with E-state index in [2.05, 4.69) is 21.2 Å². The first-order valence-electron chi connectivity index (χ1n) is 5.29. The van der Waals surface area contributed by atoms with Gasteiger partial charge in [-0.2, -0.15) is 0 Å². The average Bonchev–Trinajstić information content (AvgIpc) is 2.34. The molecule has 0 atom stereocenters. The summed E-state index contributed by atoms with van der Waals surface area (Å²) in [5, 5.41) is 3.27. The molecule has 1 nitrogen and oxygen atoms in total. The molecule has 2 aromatic carbocycles. The Bertz CT molecular complexity index is 619. The highest BCUT2D eigenvalue weighted by atomic mass is 79.9. The van der Waals surface area contributed by atoms with Crippen LogP contribution >= 0.6 is 27.5 Å². The molecule has 0 aliphatic heterocycles. The van der Waals surface area contributed by atoms with Crippen LogP contribution in [0, 0.1) is 17.5 Å². The van der Waals surface area contributed by atoms with Crippen LogP contribution in [0.3, 0.4) is 0 Å². The molecule has 1 N–H and O–H groups in total. The molecular formula is C13H8BrClF3N. The van der Waals surface area contributed by atoms with Crippen LogP contribution in [0.1, 0.15) is 5.56 Å². The smallest absolute Gasteiger partial charge is 0.161 e. The third-order valence-electron chi connectivity index (χ3n) is 2.49. The molecule has 0 saturated heterocycles. The Balaban J connectivity index is 2.16. The molecule has 19 heavy (non-hydrogen) atoms. The Hall–Kier alpha value is -1.20. The molecule has 0 aliphatic carbocycles. The Morgan fingerprint density at radius 2 is 1.68 bits per heavy atom. The maximum absolute atomic E-state index is 13.4. The van der Waals surface area contributed by atoms with Gasteiger partial charge in [0.25, 0.3) is 0 Å². The monoisotopic (exact) mass is 349 g/mol. The van der Waals surface area contributed by atoms with E-state index in [0.717, 1.165) is 16.1 Å². The summed E-state index contributed by atoms with van der Waals surface area (Å²) in [6.45, 7) is 0.250. The fourth-order valence-corrected chi connectivity index (χ4v) is 2.34. The van der Waals surface area contributed by atoms with Gasteiger partial charge in [-0.15, -0.1) is 0 Å². The van der Waals surface area contributed by atoms with Crippen LogP contribution in [0.4, 0.5) is 18.9 Å². The van der Waals surface area contributed by atoms with Gasteiger partial charge in [0.2, 0.25) is 0 Å². The lowest BCUT2D eigenvalue weighted by molar-refractivity contribution is 0.496. The van der Waals surface area contributed by atoms with Crippen molar-refractivity contribution in [2.45, 2.75) is 6.54 Å². The number of hydrogen-bond donors (Lipinski definition) is 1. The Labute approximate surface area is 121 Å². The fraction of sp³-hybridized carbons (Fsp3) is 0.0769. The summed E-state index contributed by atoms with van der Waals surface area (Å²) in [5.41, 5.74) is 0.717. The molecular weight excluding hydrogens is 343 g/mol. The van der Waals surface area contributed by atoms with E-state index in [1.54, 1.807) is 18.2 Å². The number of anilines is 1. The van der Waals surface area contributed by atoms with E-state index >= 15 is 0 Å². The van der Waals surface area contributed by atoms with Gasteiger partial charge in [-0.05, 0) is 17.7 Å². The Morgan fingerprint density at radius 1 is 1.00 bits per heavy atom. The highest BCUT2D eigenvalue weighted by Crippen LogP contribution is 2.24. The van der Waals surface area contributed by atoms with Gasteiger partial charge in [0.05, 0.1) is 5.69 Å². The maximum atomic E-state index is 13.4. The molecule has 0 aliphatic rings. The van der Waals surface area contributed by atoms with Crippen LogP contribution in [-0.2, 0) is 6.54 Å². The number of benzene rings is 2. The molecule has 0 amide bonds. The van der Waals surface area contributed by atoms with Crippen molar-refractivity contribution >= 4 is 33.2 Å². The SMILES string of the molecule is Fc1cc(F)c(NCc2ccc(Cl)cc2Br)cc1F. The molecule has 0 fully saturated rings. The molecule has 2 aromatic rings. The second-order valence-corrected chi connectivity index (χ2v) is 5.13. The number of rotatable bonds is 3. The van der Waals surface area contributed by atoms with Crippen molar-refractivity contribution in [1.82, 2.24) is 0 Å².